The fraction of sp³-hybridized carbons (Fsp3) is 0.462. The van der Waals surface area contributed by atoms with E-state index in [1.54, 1.807) is 0 Å². The van der Waals surface area contributed by atoms with Gasteiger partial charge in [0.25, 0.3) is 0 Å². The van der Waals surface area contributed by atoms with Crippen LogP contribution >= 0.6 is 0 Å². The number of fused-ring (bicyclic) bond motifs is 1. The molecule has 2 atom stereocenters. The lowest BCUT2D eigenvalue weighted by Gasteiger charge is -2.27. The number of carbonyl (C=O) groups is 1. The molecule has 2 unspecified atom stereocenters. The van der Waals surface area contributed by atoms with Gasteiger partial charge in [0, 0.05) is 5.92 Å². The molecule has 0 saturated carbocycles. The van der Waals surface area contributed by atoms with Crippen LogP contribution in [0.15, 0.2) is 18.2 Å². The van der Waals surface area contributed by atoms with E-state index in [1.165, 1.54) is 0 Å². The van der Waals surface area contributed by atoms with E-state index in [2.05, 4.69) is 0 Å². The molecule has 0 radical (unpaired) electrons. The summed E-state index contributed by atoms with van der Waals surface area (Å²) in [7, 11) is 0. The predicted molar refractivity (Wildman–Crippen MR) is 59.4 cm³/mol. The maximum atomic E-state index is 13.6. The van der Waals surface area contributed by atoms with Gasteiger partial charge in [-0.2, -0.15) is 0 Å². The molecule has 0 heterocycles. The molecule has 0 fully saturated rings. The number of hydrogen-bond acceptors (Lipinski definition) is 1. The van der Waals surface area contributed by atoms with Gasteiger partial charge >= 0.3 is 5.97 Å². The summed E-state index contributed by atoms with van der Waals surface area (Å²) in [5.41, 5.74) is 3.17. The molecule has 0 amide bonds. The number of rotatable bonds is 2. The summed E-state index contributed by atoms with van der Waals surface area (Å²) >= 11 is 0. The smallest absolute Gasteiger partial charge is 0.338 e. The number of alkyl halides is 1. The Morgan fingerprint density at radius 2 is 2.31 bits per heavy atom. The van der Waals surface area contributed by atoms with E-state index < -0.39 is 18.1 Å². The van der Waals surface area contributed by atoms with Crippen LogP contribution in [0.5, 0.6) is 0 Å². The summed E-state index contributed by atoms with van der Waals surface area (Å²) in [4.78, 5) is 10.7. The molecule has 0 aromatic heterocycles. The van der Waals surface area contributed by atoms with Gasteiger partial charge in [-0.3, -0.25) is 0 Å². The Morgan fingerprint density at radius 1 is 1.56 bits per heavy atom. The third-order valence-corrected chi connectivity index (χ3v) is 3.38. The monoisotopic (exact) mass is 222 g/mol. The van der Waals surface area contributed by atoms with Crippen molar-refractivity contribution in [3.05, 3.63) is 34.9 Å². The fourth-order valence-corrected chi connectivity index (χ4v) is 2.54. The van der Waals surface area contributed by atoms with E-state index in [0.717, 1.165) is 29.5 Å². The number of carboxylic acids is 1. The predicted octanol–water partition coefficient (Wildman–Crippen LogP) is 2.84. The Bertz CT molecular complexity index is 414. The van der Waals surface area contributed by atoms with Crippen molar-refractivity contribution >= 4 is 5.97 Å². The number of carboxylic acid groups (broad SMARTS) is 1. The molecule has 0 bridgehead atoms. The average molecular weight is 222 g/mol. The largest absolute Gasteiger partial charge is 0.479 e. The number of halogens is 1. The average Bonchev–Trinajstić information content (AvgIpc) is 2.28. The minimum atomic E-state index is -1.78. The van der Waals surface area contributed by atoms with Gasteiger partial charge in [0.2, 0.25) is 6.17 Å². The normalized spacial score (nSPS) is 21.2. The summed E-state index contributed by atoms with van der Waals surface area (Å²) in [6.45, 7) is 2.00. The van der Waals surface area contributed by atoms with Gasteiger partial charge in [-0.25, -0.2) is 9.18 Å². The van der Waals surface area contributed by atoms with Crippen LogP contribution in [0.2, 0.25) is 0 Å². The minimum absolute atomic E-state index is 0.471. The van der Waals surface area contributed by atoms with E-state index in [0.29, 0.717) is 6.42 Å². The Hall–Kier alpha value is -1.38. The summed E-state index contributed by atoms with van der Waals surface area (Å²) in [6, 6.07) is 5.73. The van der Waals surface area contributed by atoms with Crippen molar-refractivity contribution in [2.75, 3.05) is 0 Å². The van der Waals surface area contributed by atoms with Crippen LogP contribution < -0.4 is 0 Å². The van der Waals surface area contributed by atoms with Gasteiger partial charge in [-0.05, 0) is 42.9 Å². The maximum Gasteiger partial charge on any atom is 0.338 e. The molecule has 1 N–H and O–H groups in total. The lowest BCUT2D eigenvalue weighted by molar-refractivity contribution is -0.143. The second-order valence-corrected chi connectivity index (χ2v) is 4.38. The van der Waals surface area contributed by atoms with E-state index in [9.17, 15) is 9.18 Å². The number of aryl methyl sites for hydroxylation is 1. The van der Waals surface area contributed by atoms with E-state index >= 15 is 0 Å². The zero-order valence-corrected chi connectivity index (χ0v) is 9.24. The molecule has 3 heteroatoms. The third-order valence-electron chi connectivity index (χ3n) is 3.38. The fourth-order valence-electron chi connectivity index (χ4n) is 2.54. The molecule has 86 valence electrons. The van der Waals surface area contributed by atoms with Crippen LogP contribution in [-0.2, 0) is 11.2 Å². The Balaban J connectivity index is 2.40. The van der Waals surface area contributed by atoms with Crippen molar-refractivity contribution in [1.29, 1.82) is 0 Å². The van der Waals surface area contributed by atoms with Crippen LogP contribution in [0.25, 0.3) is 0 Å². The highest BCUT2D eigenvalue weighted by molar-refractivity contribution is 5.74. The third kappa shape index (κ3) is 1.82. The molecule has 0 spiro atoms. The van der Waals surface area contributed by atoms with E-state index in [-0.39, 0.29) is 0 Å². The van der Waals surface area contributed by atoms with Crippen LogP contribution in [-0.4, -0.2) is 17.2 Å². The highest BCUT2D eigenvalue weighted by Crippen LogP contribution is 2.36. The molecule has 1 aromatic carbocycles. The molecule has 2 rings (SSSR count). The number of hydrogen-bond donors (Lipinski definition) is 1. The highest BCUT2D eigenvalue weighted by atomic mass is 19.1. The molecule has 16 heavy (non-hydrogen) atoms. The highest BCUT2D eigenvalue weighted by Gasteiger charge is 2.32. The summed E-state index contributed by atoms with van der Waals surface area (Å²) < 4.78 is 13.6. The Morgan fingerprint density at radius 3 is 3.00 bits per heavy atom. The maximum absolute atomic E-state index is 13.6. The SMILES string of the molecule is Cc1cccc2c1CCCC2C(F)C(=O)O. The van der Waals surface area contributed by atoms with Gasteiger partial charge in [0.05, 0.1) is 0 Å². The topological polar surface area (TPSA) is 37.3 Å². The van der Waals surface area contributed by atoms with Crippen LogP contribution in [0.1, 0.15) is 35.4 Å². The molecule has 1 aliphatic rings. The van der Waals surface area contributed by atoms with Crippen molar-refractivity contribution in [1.82, 2.24) is 0 Å². The van der Waals surface area contributed by atoms with Crippen LogP contribution in [0.4, 0.5) is 4.39 Å². The number of aliphatic carboxylic acids is 1. The van der Waals surface area contributed by atoms with Crippen molar-refractivity contribution in [3.63, 3.8) is 0 Å². The lowest BCUT2D eigenvalue weighted by Crippen LogP contribution is -2.27. The molecular weight excluding hydrogens is 207 g/mol. The first-order valence-corrected chi connectivity index (χ1v) is 5.56. The summed E-state index contributed by atoms with van der Waals surface area (Å²) in [5, 5.41) is 8.75. The molecule has 0 aliphatic heterocycles. The number of benzene rings is 1. The van der Waals surface area contributed by atoms with Gasteiger partial charge in [-0.1, -0.05) is 18.2 Å². The Kier molecular flexibility index (Phi) is 2.95. The summed E-state index contributed by atoms with van der Waals surface area (Å²) in [5.74, 6) is -1.82. The summed E-state index contributed by atoms with van der Waals surface area (Å²) in [6.07, 6.45) is 0.659. The molecule has 2 nitrogen and oxygen atoms in total. The van der Waals surface area contributed by atoms with Gasteiger partial charge in [-0.15, -0.1) is 0 Å². The zero-order valence-electron chi connectivity index (χ0n) is 9.24. The van der Waals surface area contributed by atoms with Gasteiger partial charge in [0.15, 0.2) is 0 Å². The van der Waals surface area contributed by atoms with E-state index in [4.69, 9.17) is 5.11 Å². The van der Waals surface area contributed by atoms with Crippen LogP contribution in [0, 0.1) is 6.92 Å². The van der Waals surface area contributed by atoms with Crippen molar-refractivity contribution < 1.29 is 14.3 Å². The second-order valence-electron chi connectivity index (χ2n) is 4.38. The van der Waals surface area contributed by atoms with Gasteiger partial charge < -0.3 is 5.11 Å². The zero-order chi connectivity index (χ0) is 11.7. The first-order valence-electron chi connectivity index (χ1n) is 5.56. The molecule has 0 saturated heterocycles. The van der Waals surface area contributed by atoms with Crippen molar-refractivity contribution in [2.45, 2.75) is 38.3 Å². The first kappa shape index (κ1) is 11.1. The van der Waals surface area contributed by atoms with Gasteiger partial charge in [0.1, 0.15) is 0 Å². The first-order chi connectivity index (χ1) is 7.61. The van der Waals surface area contributed by atoms with Crippen molar-refractivity contribution in [3.8, 4) is 0 Å². The standard InChI is InChI=1S/C13H15FO2/c1-8-4-2-6-10-9(8)5-3-7-11(10)12(14)13(15)16/h2,4,6,11-12H,3,5,7H2,1H3,(H,15,16). The van der Waals surface area contributed by atoms with E-state index in [1.807, 2.05) is 25.1 Å². The molecule has 1 aromatic rings. The minimum Gasteiger partial charge on any atom is -0.479 e. The van der Waals surface area contributed by atoms with Crippen molar-refractivity contribution in [2.24, 2.45) is 0 Å². The lowest BCUT2D eigenvalue weighted by atomic mass is 9.79. The quantitative estimate of drug-likeness (QED) is 0.835. The Labute approximate surface area is 94.1 Å². The van der Waals surface area contributed by atoms with Crippen LogP contribution in [0.3, 0.4) is 0 Å². The second kappa shape index (κ2) is 4.24. The molecule has 1 aliphatic carbocycles. The molecular formula is C13H15FO2.